The van der Waals surface area contributed by atoms with Gasteiger partial charge in [-0.15, -0.1) is 0 Å². The maximum absolute atomic E-state index is 12.4. The first-order chi connectivity index (χ1) is 8.54. The molecule has 7 heteroatoms. The summed E-state index contributed by atoms with van der Waals surface area (Å²) in [5.74, 6) is -0.0623. The number of benzene rings is 1. The van der Waals surface area contributed by atoms with Crippen LogP contribution in [0.1, 0.15) is 5.56 Å². The summed E-state index contributed by atoms with van der Waals surface area (Å²) in [5, 5.41) is 5.89. The highest BCUT2D eigenvalue weighted by Crippen LogP contribution is 2.40. The summed E-state index contributed by atoms with van der Waals surface area (Å²) in [6.07, 6.45) is 0. The molecule has 6 nitrogen and oxygen atoms in total. The topological polar surface area (TPSA) is 82.8 Å². The standard InChI is InChI=1S/C11H11N5OS/c1-16-7-5-3-2-4-6(7)11(8(16)17)14-9(12)13-10(18)15-11/h2-5H,1H3,(H4,12,13,14,15,18). The van der Waals surface area contributed by atoms with Gasteiger partial charge in [-0.05, 0) is 18.3 Å². The third-order valence-electron chi connectivity index (χ3n) is 3.09. The first kappa shape index (κ1) is 11.0. The molecule has 1 aromatic carbocycles. The summed E-state index contributed by atoms with van der Waals surface area (Å²) in [6, 6.07) is 7.43. The Morgan fingerprint density at radius 2 is 2.17 bits per heavy atom. The van der Waals surface area contributed by atoms with E-state index in [1.807, 2.05) is 24.3 Å². The smallest absolute Gasteiger partial charge is 0.280 e. The van der Waals surface area contributed by atoms with Gasteiger partial charge in [0.2, 0.25) is 5.66 Å². The number of nitrogens with one attached hydrogen (secondary N) is 2. The predicted molar refractivity (Wildman–Crippen MR) is 72.0 cm³/mol. The molecule has 0 saturated heterocycles. The van der Waals surface area contributed by atoms with Crippen LogP contribution in [0.2, 0.25) is 0 Å². The van der Waals surface area contributed by atoms with Crippen molar-refractivity contribution in [3.05, 3.63) is 29.8 Å². The Labute approximate surface area is 109 Å². The number of guanidine groups is 1. The average Bonchev–Trinajstić information content (AvgIpc) is 2.52. The molecule has 92 valence electrons. The number of carbonyl (C=O) groups excluding carboxylic acids is 1. The van der Waals surface area contributed by atoms with Crippen LogP contribution in [0, 0.1) is 0 Å². The normalized spacial score (nSPS) is 25.6. The molecule has 1 spiro atoms. The summed E-state index contributed by atoms with van der Waals surface area (Å²) in [4.78, 5) is 18.2. The van der Waals surface area contributed by atoms with Crippen molar-refractivity contribution in [1.29, 1.82) is 0 Å². The van der Waals surface area contributed by atoms with Crippen molar-refractivity contribution in [2.24, 2.45) is 10.7 Å². The van der Waals surface area contributed by atoms with Gasteiger partial charge in [0.05, 0.1) is 5.69 Å². The fraction of sp³-hybridized carbons (Fsp3) is 0.182. The lowest BCUT2D eigenvalue weighted by atomic mass is 10.0. The molecule has 2 heterocycles. The fourth-order valence-electron chi connectivity index (χ4n) is 2.32. The first-order valence-corrected chi connectivity index (χ1v) is 5.77. The minimum absolute atomic E-state index is 0.136. The van der Waals surface area contributed by atoms with E-state index < -0.39 is 5.66 Å². The number of aliphatic imine (C=N–C) groups is 1. The average molecular weight is 261 g/mol. The number of thiocarbonyl (C=S) groups is 1. The number of nitrogens with two attached hydrogens (primary N) is 1. The largest absolute Gasteiger partial charge is 0.370 e. The molecule has 1 aromatic rings. The third kappa shape index (κ3) is 1.25. The Morgan fingerprint density at radius 1 is 1.44 bits per heavy atom. The minimum Gasteiger partial charge on any atom is -0.370 e. The molecule has 0 fully saturated rings. The van der Waals surface area contributed by atoms with Crippen LogP contribution in [0.4, 0.5) is 5.69 Å². The number of nitrogens with zero attached hydrogens (tertiary/aromatic N) is 2. The van der Waals surface area contributed by atoms with Gasteiger partial charge in [0, 0.05) is 12.6 Å². The summed E-state index contributed by atoms with van der Waals surface area (Å²) >= 11 is 5.06. The van der Waals surface area contributed by atoms with Gasteiger partial charge in [0.25, 0.3) is 5.91 Å². The third-order valence-corrected chi connectivity index (χ3v) is 3.30. The molecular formula is C11H11N5OS. The second-order valence-corrected chi connectivity index (χ2v) is 4.58. The number of fused-ring (bicyclic) bond motifs is 2. The van der Waals surface area contributed by atoms with Gasteiger partial charge >= 0.3 is 0 Å². The molecule has 2 aliphatic heterocycles. The molecule has 1 unspecified atom stereocenters. The van der Waals surface area contributed by atoms with Gasteiger partial charge in [-0.2, -0.15) is 0 Å². The predicted octanol–water partition coefficient (Wildman–Crippen LogP) is -0.392. The SMILES string of the molecule is CN1C(=O)C2(N=C(N)NC(=S)N2)c2ccccc21. The molecule has 0 aliphatic carbocycles. The second kappa shape index (κ2) is 3.42. The number of rotatable bonds is 0. The number of para-hydroxylation sites is 1. The molecule has 0 bridgehead atoms. The Balaban J connectivity index is 2.27. The van der Waals surface area contributed by atoms with Gasteiger partial charge in [0.15, 0.2) is 11.1 Å². The van der Waals surface area contributed by atoms with Crippen LogP contribution in [-0.4, -0.2) is 24.0 Å². The van der Waals surface area contributed by atoms with E-state index in [9.17, 15) is 4.79 Å². The van der Waals surface area contributed by atoms with E-state index in [-0.39, 0.29) is 11.9 Å². The Kier molecular flexibility index (Phi) is 2.09. The highest BCUT2D eigenvalue weighted by Gasteiger charge is 2.52. The highest BCUT2D eigenvalue weighted by molar-refractivity contribution is 7.80. The highest BCUT2D eigenvalue weighted by atomic mass is 32.1. The quantitative estimate of drug-likeness (QED) is 0.554. The van der Waals surface area contributed by atoms with Crippen molar-refractivity contribution >= 4 is 34.9 Å². The van der Waals surface area contributed by atoms with Crippen molar-refractivity contribution < 1.29 is 4.79 Å². The van der Waals surface area contributed by atoms with E-state index in [4.69, 9.17) is 18.0 Å². The van der Waals surface area contributed by atoms with Crippen molar-refractivity contribution in [2.45, 2.75) is 5.66 Å². The zero-order valence-corrected chi connectivity index (χ0v) is 10.4. The Morgan fingerprint density at radius 3 is 2.89 bits per heavy atom. The van der Waals surface area contributed by atoms with Crippen LogP contribution in [0.5, 0.6) is 0 Å². The van der Waals surface area contributed by atoms with Crippen LogP contribution in [0.3, 0.4) is 0 Å². The van der Waals surface area contributed by atoms with Crippen LogP contribution < -0.4 is 21.3 Å². The molecule has 4 N–H and O–H groups in total. The number of anilines is 1. The Hall–Kier alpha value is -2.15. The second-order valence-electron chi connectivity index (χ2n) is 4.17. The van der Waals surface area contributed by atoms with E-state index in [0.29, 0.717) is 5.11 Å². The fourth-order valence-corrected chi connectivity index (χ4v) is 2.57. The van der Waals surface area contributed by atoms with Crippen molar-refractivity contribution in [1.82, 2.24) is 10.6 Å². The van der Waals surface area contributed by atoms with Crippen molar-refractivity contribution in [3.63, 3.8) is 0 Å². The first-order valence-electron chi connectivity index (χ1n) is 5.37. The van der Waals surface area contributed by atoms with E-state index in [2.05, 4.69) is 15.6 Å². The van der Waals surface area contributed by atoms with E-state index >= 15 is 0 Å². The molecule has 0 aromatic heterocycles. The van der Waals surface area contributed by atoms with Crippen LogP contribution in [0.25, 0.3) is 0 Å². The summed E-state index contributed by atoms with van der Waals surface area (Å²) in [7, 11) is 1.70. The molecule has 1 amide bonds. The van der Waals surface area contributed by atoms with E-state index in [0.717, 1.165) is 11.3 Å². The van der Waals surface area contributed by atoms with Gasteiger partial charge in [-0.25, -0.2) is 4.99 Å². The molecule has 3 rings (SSSR count). The summed E-state index contributed by atoms with van der Waals surface area (Å²) < 4.78 is 0. The molecule has 0 saturated carbocycles. The Bertz CT molecular complexity index is 599. The van der Waals surface area contributed by atoms with Gasteiger partial charge in [0.1, 0.15) is 0 Å². The van der Waals surface area contributed by atoms with Gasteiger partial charge in [-0.1, -0.05) is 18.2 Å². The lowest BCUT2D eigenvalue weighted by molar-refractivity contribution is -0.123. The van der Waals surface area contributed by atoms with Gasteiger partial charge in [-0.3, -0.25) is 4.79 Å². The molecule has 2 aliphatic rings. The van der Waals surface area contributed by atoms with Crippen LogP contribution in [-0.2, 0) is 10.5 Å². The zero-order valence-electron chi connectivity index (χ0n) is 9.60. The number of likely N-dealkylation sites (N-methyl/N-ethyl adjacent to an activating group) is 1. The monoisotopic (exact) mass is 261 g/mol. The maximum atomic E-state index is 12.4. The lowest BCUT2D eigenvalue weighted by Gasteiger charge is -2.31. The molecule has 18 heavy (non-hydrogen) atoms. The maximum Gasteiger partial charge on any atom is 0.280 e. The zero-order chi connectivity index (χ0) is 12.9. The number of hydrogen-bond donors (Lipinski definition) is 3. The summed E-state index contributed by atoms with van der Waals surface area (Å²) in [6.45, 7) is 0. The van der Waals surface area contributed by atoms with E-state index in [1.54, 1.807) is 11.9 Å². The number of amides is 1. The molecule has 0 radical (unpaired) electrons. The number of carbonyl (C=O) groups is 1. The van der Waals surface area contributed by atoms with Crippen molar-refractivity contribution in [3.8, 4) is 0 Å². The van der Waals surface area contributed by atoms with Crippen LogP contribution in [0.15, 0.2) is 29.3 Å². The van der Waals surface area contributed by atoms with E-state index in [1.165, 1.54) is 0 Å². The molecular weight excluding hydrogens is 250 g/mol. The summed E-state index contributed by atoms with van der Waals surface area (Å²) in [5.41, 5.74) is 6.02. The number of hydrogen-bond acceptors (Lipinski definition) is 4. The van der Waals surface area contributed by atoms with Gasteiger partial charge < -0.3 is 21.3 Å². The molecule has 1 atom stereocenters. The minimum atomic E-state index is -1.22. The lowest BCUT2D eigenvalue weighted by Crippen LogP contribution is -2.61. The van der Waals surface area contributed by atoms with Crippen LogP contribution >= 0.6 is 12.2 Å². The van der Waals surface area contributed by atoms with Crippen molar-refractivity contribution in [2.75, 3.05) is 11.9 Å².